The van der Waals surface area contributed by atoms with Crippen molar-refractivity contribution >= 4 is 11.3 Å². The fraction of sp³-hybridized carbons (Fsp3) is 0.438. The summed E-state index contributed by atoms with van der Waals surface area (Å²) in [6.07, 6.45) is 1.23. The van der Waals surface area contributed by atoms with Crippen molar-refractivity contribution in [2.75, 3.05) is 13.2 Å². The lowest BCUT2D eigenvalue weighted by Crippen LogP contribution is -2.42. The summed E-state index contributed by atoms with van der Waals surface area (Å²) in [6, 6.07) is 7.81. The first kappa shape index (κ1) is 15.9. The molecule has 5 heteroatoms. The Morgan fingerprint density at radius 3 is 2.90 bits per heavy atom. The second kappa shape index (κ2) is 7.02. The first-order valence-electron chi connectivity index (χ1n) is 7.00. The van der Waals surface area contributed by atoms with Crippen molar-refractivity contribution in [2.24, 2.45) is 0 Å². The van der Waals surface area contributed by atoms with Gasteiger partial charge < -0.3 is 15.2 Å². The number of rotatable bonds is 7. The fourth-order valence-electron chi connectivity index (χ4n) is 1.94. The molecule has 0 aliphatic rings. The molecule has 0 amide bonds. The molecule has 21 heavy (non-hydrogen) atoms. The average Bonchev–Trinajstić information content (AvgIpc) is 2.98. The predicted molar refractivity (Wildman–Crippen MR) is 85.8 cm³/mol. The lowest BCUT2D eigenvalue weighted by Gasteiger charge is -2.25. The lowest BCUT2D eigenvalue weighted by atomic mass is 10.1. The summed E-state index contributed by atoms with van der Waals surface area (Å²) in [6.45, 7) is 6.85. The van der Waals surface area contributed by atoms with Crippen molar-refractivity contribution in [2.45, 2.75) is 32.4 Å². The minimum absolute atomic E-state index is 0.252. The molecule has 1 unspecified atom stereocenters. The van der Waals surface area contributed by atoms with Gasteiger partial charge in [0.05, 0.1) is 5.54 Å². The van der Waals surface area contributed by atoms with Gasteiger partial charge in [-0.1, -0.05) is 12.1 Å². The van der Waals surface area contributed by atoms with Crippen LogP contribution in [-0.4, -0.2) is 29.3 Å². The molecule has 0 saturated carbocycles. The zero-order valence-corrected chi connectivity index (χ0v) is 13.5. The van der Waals surface area contributed by atoms with Crippen LogP contribution in [0.3, 0.4) is 0 Å². The number of hydrogen-bond donors (Lipinski definition) is 2. The van der Waals surface area contributed by atoms with E-state index in [0.29, 0.717) is 6.54 Å². The molecule has 0 radical (unpaired) electrons. The number of ether oxygens (including phenoxy) is 1. The summed E-state index contributed by atoms with van der Waals surface area (Å²) in [5.41, 5.74) is 0.892. The Morgan fingerprint density at radius 1 is 1.43 bits per heavy atom. The van der Waals surface area contributed by atoms with Crippen molar-refractivity contribution in [1.82, 2.24) is 10.3 Å². The van der Waals surface area contributed by atoms with E-state index in [4.69, 9.17) is 4.74 Å². The molecule has 2 aromatic rings. The molecule has 0 spiro atoms. The van der Waals surface area contributed by atoms with Crippen LogP contribution in [0, 0.1) is 6.92 Å². The highest BCUT2D eigenvalue weighted by molar-refractivity contribution is 7.09. The minimum Gasteiger partial charge on any atom is -0.491 e. The van der Waals surface area contributed by atoms with Crippen molar-refractivity contribution < 1.29 is 9.84 Å². The number of benzene rings is 1. The van der Waals surface area contributed by atoms with E-state index in [1.54, 1.807) is 17.5 Å². The maximum atomic E-state index is 10.0. The van der Waals surface area contributed by atoms with Crippen LogP contribution < -0.4 is 10.1 Å². The third-order valence-corrected chi connectivity index (χ3v) is 4.28. The minimum atomic E-state index is -0.565. The molecule has 0 aliphatic heterocycles. The SMILES string of the molecule is Cc1cccc(OCC(O)CNC(C)(C)c2nccs2)c1. The van der Waals surface area contributed by atoms with E-state index in [1.165, 1.54) is 0 Å². The van der Waals surface area contributed by atoms with Gasteiger partial charge >= 0.3 is 0 Å². The Kier molecular flexibility index (Phi) is 5.33. The van der Waals surface area contributed by atoms with Crippen LogP contribution in [0.5, 0.6) is 5.75 Å². The quantitative estimate of drug-likeness (QED) is 0.826. The maximum absolute atomic E-state index is 10.0. The molecular weight excluding hydrogens is 284 g/mol. The standard InChI is InChI=1S/C16H22N2O2S/c1-12-5-4-6-14(9-12)20-11-13(19)10-18-16(2,3)15-17-7-8-21-15/h4-9,13,18-19H,10-11H2,1-3H3. The zero-order valence-electron chi connectivity index (χ0n) is 12.7. The van der Waals surface area contributed by atoms with Crippen LogP contribution >= 0.6 is 11.3 Å². The molecule has 2 N–H and O–H groups in total. The van der Waals surface area contributed by atoms with E-state index in [0.717, 1.165) is 16.3 Å². The number of aliphatic hydroxyl groups excluding tert-OH is 1. The molecular formula is C16H22N2O2S. The van der Waals surface area contributed by atoms with Gasteiger partial charge in [0.1, 0.15) is 23.5 Å². The summed E-state index contributed by atoms with van der Waals surface area (Å²) in [5.74, 6) is 0.785. The Bertz CT molecular complexity index is 555. The summed E-state index contributed by atoms with van der Waals surface area (Å²) in [5, 5.41) is 16.3. The lowest BCUT2D eigenvalue weighted by molar-refractivity contribution is 0.0987. The van der Waals surface area contributed by atoms with Gasteiger partial charge in [0.25, 0.3) is 0 Å². The third kappa shape index (κ3) is 4.81. The number of hydrogen-bond acceptors (Lipinski definition) is 5. The number of aliphatic hydroxyl groups is 1. The number of nitrogens with one attached hydrogen (secondary N) is 1. The molecule has 1 aromatic heterocycles. The Balaban J connectivity index is 1.78. The molecule has 0 aliphatic carbocycles. The number of aryl methyl sites for hydroxylation is 1. The van der Waals surface area contributed by atoms with Crippen molar-refractivity contribution in [3.05, 3.63) is 46.4 Å². The first-order chi connectivity index (χ1) is 9.97. The molecule has 2 rings (SSSR count). The van der Waals surface area contributed by atoms with Gasteiger partial charge in [-0.3, -0.25) is 0 Å². The molecule has 0 bridgehead atoms. The van der Waals surface area contributed by atoms with E-state index in [9.17, 15) is 5.11 Å². The van der Waals surface area contributed by atoms with Gasteiger partial charge in [-0.25, -0.2) is 4.98 Å². The Hall–Kier alpha value is -1.43. The Labute approximate surface area is 129 Å². The Morgan fingerprint density at radius 2 is 2.24 bits per heavy atom. The largest absolute Gasteiger partial charge is 0.491 e. The maximum Gasteiger partial charge on any atom is 0.119 e. The van der Waals surface area contributed by atoms with E-state index in [2.05, 4.69) is 24.1 Å². The fourth-order valence-corrected chi connectivity index (χ4v) is 2.68. The molecule has 1 aromatic carbocycles. The predicted octanol–water partition coefficient (Wildman–Crippen LogP) is 2.72. The first-order valence-corrected chi connectivity index (χ1v) is 7.88. The topological polar surface area (TPSA) is 54.4 Å². The van der Waals surface area contributed by atoms with Crippen molar-refractivity contribution in [1.29, 1.82) is 0 Å². The number of thiazole rings is 1. The van der Waals surface area contributed by atoms with E-state index in [1.807, 2.05) is 36.6 Å². The van der Waals surface area contributed by atoms with Crippen LogP contribution in [0.4, 0.5) is 0 Å². The smallest absolute Gasteiger partial charge is 0.119 e. The average molecular weight is 306 g/mol. The van der Waals surface area contributed by atoms with E-state index >= 15 is 0 Å². The van der Waals surface area contributed by atoms with Crippen LogP contribution in [0.15, 0.2) is 35.8 Å². The van der Waals surface area contributed by atoms with Crippen LogP contribution in [0.1, 0.15) is 24.4 Å². The molecule has 1 atom stereocenters. The van der Waals surface area contributed by atoms with Gasteiger partial charge in [0.15, 0.2) is 0 Å². The summed E-state index contributed by atoms with van der Waals surface area (Å²) in [4.78, 5) is 4.31. The van der Waals surface area contributed by atoms with Gasteiger partial charge in [-0.05, 0) is 38.5 Å². The second-order valence-corrected chi connectivity index (χ2v) is 6.52. The number of aromatic nitrogens is 1. The van der Waals surface area contributed by atoms with Crippen LogP contribution in [0.2, 0.25) is 0 Å². The van der Waals surface area contributed by atoms with Gasteiger partial charge in [0.2, 0.25) is 0 Å². The number of nitrogens with zero attached hydrogens (tertiary/aromatic N) is 1. The molecule has 0 fully saturated rings. The zero-order chi connectivity index (χ0) is 15.3. The van der Waals surface area contributed by atoms with Gasteiger partial charge in [-0.2, -0.15) is 0 Å². The van der Waals surface area contributed by atoms with E-state index in [-0.39, 0.29) is 12.1 Å². The molecule has 114 valence electrons. The molecule has 0 saturated heterocycles. The van der Waals surface area contributed by atoms with Crippen LogP contribution in [-0.2, 0) is 5.54 Å². The molecule has 1 heterocycles. The highest BCUT2D eigenvalue weighted by Crippen LogP contribution is 2.21. The highest BCUT2D eigenvalue weighted by Gasteiger charge is 2.23. The monoisotopic (exact) mass is 306 g/mol. The van der Waals surface area contributed by atoms with Gasteiger partial charge in [-0.15, -0.1) is 11.3 Å². The van der Waals surface area contributed by atoms with Crippen molar-refractivity contribution in [3.8, 4) is 5.75 Å². The second-order valence-electron chi connectivity index (χ2n) is 5.62. The highest BCUT2D eigenvalue weighted by atomic mass is 32.1. The summed E-state index contributed by atoms with van der Waals surface area (Å²) < 4.78 is 5.60. The normalized spacial score (nSPS) is 13.1. The summed E-state index contributed by atoms with van der Waals surface area (Å²) >= 11 is 1.61. The van der Waals surface area contributed by atoms with Crippen molar-refractivity contribution in [3.63, 3.8) is 0 Å². The van der Waals surface area contributed by atoms with Gasteiger partial charge in [0, 0.05) is 18.1 Å². The van der Waals surface area contributed by atoms with Crippen LogP contribution in [0.25, 0.3) is 0 Å². The third-order valence-electron chi connectivity index (χ3n) is 3.18. The molecule has 4 nitrogen and oxygen atoms in total. The van der Waals surface area contributed by atoms with E-state index < -0.39 is 6.10 Å². The summed E-state index contributed by atoms with van der Waals surface area (Å²) in [7, 11) is 0.